The maximum absolute atomic E-state index is 13.9. The molecule has 9 heteroatoms. The summed E-state index contributed by atoms with van der Waals surface area (Å²) in [4.78, 5) is 22.8. The van der Waals surface area contributed by atoms with Crippen LogP contribution in [-0.2, 0) is 0 Å². The second kappa shape index (κ2) is 11.6. The second-order valence-corrected chi connectivity index (χ2v) is 9.29. The summed E-state index contributed by atoms with van der Waals surface area (Å²) in [6.45, 7) is 2.53. The van der Waals surface area contributed by atoms with Crippen LogP contribution in [0.1, 0.15) is 10.4 Å². The van der Waals surface area contributed by atoms with Gasteiger partial charge in [-0.1, -0.05) is 12.1 Å². The lowest BCUT2D eigenvalue weighted by atomic mass is 9.98. The molecule has 5 rings (SSSR count). The summed E-state index contributed by atoms with van der Waals surface area (Å²) in [5.41, 5.74) is 3.04. The molecule has 9 nitrogen and oxygen atoms in total. The molecule has 1 aliphatic heterocycles. The van der Waals surface area contributed by atoms with Gasteiger partial charge < -0.3 is 33.5 Å². The van der Waals surface area contributed by atoms with Gasteiger partial charge in [0, 0.05) is 48.7 Å². The fourth-order valence-electron chi connectivity index (χ4n) is 5.16. The van der Waals surface area contributed by atoms with E-state index in [1.54, 1.807) is 41.7 Å². The van der Waals surface area contributed by atoms with E-state index >= 15 is 0 Å². The minimum atomic E-state index is -0.0803. The highest BCUT2D eigenvalue weighted by Gasteiger charge is 2.26. The van der Waals surface area contributed by atoms with Gasteiger partial charge in [0.05, 0.1) is 52.5 Å². The smallest absolute Gasteiger partial charge is 0.256 e. The number of hydrogen-bond donors (Lipinski definition) is 0. The minimum Gasteiger partial charge on any atom is -0.495 e. The van der Waals surface area contributed by atoms with Crippen LogP contribution < -0.4 is 28.6 Å². The first-order valence-electron chi connectivity index (χ1n) is 13.0. The first-order chi connectivity index (χ1) is 19.5. The van der Waals surface area contributed by atoms with Gasteiger partial charge in [-0.15, -0.1) is 0 Å². The van der Waals surface area contributed by atoms with Gasteiger partial charge in [-0.2, -0.15) is 0 Å². The number of methoxy groups -OCH3 is 5. The van der Waals surface area contributed by atoms with Crippen molar-refractivity contribution in [2.75, 3.05) is 66.6 Å². The highest BCUT2D eigenvalue weighted by Crippen LogP contribution is 2.40. The summed E-state index contributed by atoms with van der Waals surface area (Å²) in [5, 5.41) is 1.50. The third-order valence-electron chi connectivity index (χ3n) is 7.27. The van der Waals surface area contributed by atoms with Gasteiger partial charge in [-0.25, -0.2) is 0 Å². The van der Waals surface area contributed by atoms with Gasteiger partial charge in [0.1, 0.15) is 5.75 Å². The van der Waals surface area contributed by atoms with Crippen LogP contribution in [0.15, 0.2) is 60.8 Å². The largest absolute Gasteiger partial charge is 0.495 e. The van der Waals surface area contributed by atoms with Crippen LogP contribution in [0.2, 0.25) is 0 Å². The summed E-state index contributed by atoms with van der Waals surface area (Å²) < 4.78 is 27.7. The number of carbonyl (C=O) groups excluding carboxylic acids is 1. The number of anilines is 1. The van der Waals surface area contributed by atoms with E-state index in [0.717, 1.165) is 27.8 Å². The van der Waals surface area contributed by atoms with E-state index in [9.17, 15) is 4.79 Å². The van der Waals surface area contributed by atoms with Gasteiger partial charge in [0.25, 0.3) is 5.91 Å². The van der Waals surface area contributed by atoms with Crippen LogP contribution in [0.25, 0.3) is 22.0 Å². The van der Waals surface area contributed by atoms with Crippen molar-refractivity contribution >= 4 is 22.4 Å². The Morgan fingerprint density at radius 2 is 1.27 bits per heavy atom. The second-order valence-electron chi connectivity index (χ2n) is 9.29. The fourth-order valence-corrected chi connectivity index (χ4v) is 5.16. The van der Waals surface area contributed by atoms with Crippen molar-refractivity contribution in [1.82, 2.24) is 9.88 Å². The molecule has 40 heavy (non-hydrogen) atoms. The molecule has 0 atom stereocenters. The molecule has 1 aromatic heterocycles. The van der Waals surface area contributed by atoms with Gasteiger partial charge >= 0.3 is 0 Å². The molecule has 208 valence electrons. The Kier molecular flexibility index (Phi) is 7.82. The number of piperazine rings is 1. The van der Waals surface area contributed by atoms with Crippen molar-refractivity contribution in [3.05, 3.63) is 66.4 Å². The Labute approximate surface area is 233 Å². The standard InChI is InChI=1S/C31H33N3O6/c1-36-25-9-7-6-8-24(25)33-12-14-34(15-13-33)31(35)23-19-32-30(20-10-11-26(37-2)27(16-20)38-3)22-18-29(40-5)28(39-4)17-21(22)23/h6-11,16-19H,12-15H2,1-5H3. The van der Waals surface area contributed by atoms with E-state index in [-0.39, 0.29) is 5.91 Å². The average molecular weight is 544 g/mol. The number of pyridine rings is 1. The molecule has 0 bridgehead atoms. The summed E-state index contributed by atoms with van der Waals surface area (Å²) in [6, 6.07) is 17.3. The molecule has 0 radical (unpaired) electrons. The Balaban J connectivity index is 1.52. The summed E-state index contributed by atoms with van der Waals surface area (Å²) in [7, 11) is 8.03. The van der Waals surface area contributed by atoms with E-state index < -0.39 is 0 Å². The molecular weight excluding hydrogens is 510 g/mol. The van der Waals surface area contributed by atoms with E-state index in [1.807, 2.05) is 59.5 Å². The zero-order valence-electron chi connectivity index (χ0n) is 23.4. The average Bonchev–Trinajstić information content (AvgIpc) is 3.02. The van der Waals surface area contributed by atoms with Crippen molar-refractivity contribution in [2.24, 2.45) is 0 Å². The molecule has 0 aliphatic carbocycles. The lowest BCUT2D eigenvalue weighted by Crippen LogP contribution is -2.49. The summed E-state index contributed by atoms with van der Waals surface area (Å²) in [5.74, 6) is 3.04. The number of ether oxygens (including phenoxy) is 5. The number of para-hydroxylation sites is 2. The van der Waals surface area contributed by atoms with Crippen molar-refractivity contribution in [2.45, 2.75) is 0 Å². The molecule has 0 spiro atoms. The van der Waals surface area contributed by atoms with Crippen molar-refractivity contribution < 1.29 is 28.5 Å². The van der Waals surface area contributed by atoms with Gasteiger partial charge in [0.2, 0.25) is 0 Å². The topological polar surface area (TPSA) is 82.6 Å². The molecular formula is C31H33N3O6. The minimum absolute atomic E-state index is 0.0803. The molecule has 4 aromatic rings. The number of carbonyl (C=O) groups is 1. The van der Waals surface area contributed by atoms with Crippen LogP contribution in [0.3, 0.4) is 0 Å². The molecule has 0 N–H and O–H groups in total. The predicted molar refractivity (Wildman–Crippen MR) is 154 cm³/mol. The SMILES string of the molecule is COc1ccc(-c2ncc(C(=O)N3CCN(c4ccccc4OC)CC3)c3cc(OC)c(OC)cc23)cc1OC. The lowest BCUT2D eigenvalue weighted by Gasteiger charge is -2.36. The number of benzene rings is 3. The Morgan fingerprint density at radius 3 is 1.93 bits per heavy atom. The maximum Gasteiger partial charge on any atom is 0.256 e. The molecule has 0 saturated carbocycles. The summed E-state index contributed by atoms with van der Waals surface area (Å²) in [6.07, 6.45) is 1.65. The highest BCUT2D eigenvalue weighted by molar-refractivity contribution is 6.10. The Hall–Kier alpha value is -4.66. The highest BCUT2D eigenvalue weighted by atomic mass is 16.5. The van der Waals surface area contributed by atoms with Crippen LogP contribution in [0, 0.1) is 0 Å². The zero-order chi connectivity index (χ0) is 28.2. The van der Waals surface area contributed by atoms with Crippen molar-refractivity contribution in [3.8, 4) is 40.0 Å². The van der Waals surface area contributed by atoms with Gasteiger partial charge in [-0.05, 0) is 42.5 Å². The number of fused-ring (bicyclic) bond motifs is 1. The number of rotatable bonds is 8. The van der Waals surface area contributed by atoms with E-state index in [1.165, 1.54) is 0 Å². The van der Waals surface area contributed by atoms with E-state index in [0.29, 0.717) is 60.4 Å². The first-order valence-corrected chi connectivity index (χ1v) is 13.0. The number of hydrogen-bond acceptors (Lipinski definition) is 8. The fraction of sp³-hybridized carbons (Fsp3) is 0.290. The van der Waals surface area contributed by atoms with Crippen LogP contribution in [0.5, 0.6) is 28.7 Å². The van der Waals surface area contributed by atoms with Crippen LogP contribution in [-0.4, -0.2) is 77.5 Å². The molecule has 1 saturated heterocycles. The number of nitrogens with zero attached hydrogens (tertiary/aromatic N) is 3. The van der Waals surface area contributed by atoms with E-state index in [2.05, 4.69) is 4.90 Å². The van der Waals surface area contributed by atoms with Gasteiger partial charge in [0.15, 0.2) is 23.0 Å². The van der Waals surface area contributed by atoms with Crippen molar-refractivity contribution in [3.63, 3.8) is 0 Å². The van der Waals surface area contributed by atoms with E-state index in [4.69, 9.17) is 28.7 Å². The Morgan fingerprint density at radius 1 is 0.675 bits per heavy atom. The van der Waals surface area contributed by atoms with Crippen molar-refractivity contribution in [1.29, 1.82) is 0 Å². The molecule has 0 unspecified atom stereocenters. The predicted octanol–water partition coefficient (Wildman–Crippen LogP) is 4.91. The number of aromatic nitrogens is 1. The molecule has 1 fully saturated rings. The lowest BCUT2D eigenvalue weighted by molar-refractivity contribution is 0.0748. The maximum atomic E-state index is 13.9. The molecule has 1 amide bonds. The van der Waals surface area contributed by atoms with Crippen LogP contribution in [0.4, 0.5) is 5.69 Å². The number of amides is 1. The first kappa shape index (κ1) is 26.9. The third kappa shape index (κ3) is 4.90. The summed E-state index contributed by atoms with van der Waals surface area (Å²) >= 11 is 0. The molecule has 3 aromatic carbocycles. The molecule has 2 heterocycles. The Bertz CT molecular complexity index is 1530. The van der Waals surface area contributed by atoms with Gasteiger partial charge in [-0.3, -0.25) is 9.78 Å². The van der Waals surface area contributed by atoms with Crippen LogP contribution >= 0.6 is 0 Å². The monoisotopic (exact) mass is 543 g/mol. The quantitative estimate of drug-likeness (QED) is 0.310. The zero-order valence-corrected chi connectivity index (χ0v) is 23.4. The normalized spacial score (nSPS) is 13.2. The third-order valence-corrected chi connectivity index (χ3v) is 7.27. The molecule has 1 aliphatic rings.